The van der Waals surface area contributed by atoms with Crippen LogP contribution in [-0.2, 0) is 14.3 Å². The number of carbonyl (C=O) groups is 2. The van der Waals surface area contributed by atoms with E-state index in [9.17, 15) is 14.7 Å². The fourth-order valence-corrected chi connectivity index (χ4v) is 2.72. The van der Waals surface area contributed by atoms with Gasteiger partial charge in [-0.3, -0.25) is 4.79 Å². The number of allylic oxidation sites excluding steroid dienone is 1. The zero-order valence-electron chi connectivity index (χ0n) is 16.6. The average Bonchev–Trinajstić information content (AvgIpc) is 2.59. The number of rotatable bonds is 17. The van der Waals surface area contributed by atoms with Gasteiger partial charge in [-0.25, -0.2) is 4.79 Å². The van der Waals surface area contributed by atoms with Gasteiger partial charge in [-0.05, 0) is 39.0 Å². The van der Waals surface area contributed by atoms with Gasteiger partial charge in [-0.15, -0.1) is 0 Å². The Morgan fingerprint density at radius 3 is 2.22 bits per heavy atom. The Kier molecular flexibility index (Phi) is 22.9. The Hall–Kier alpha value is 0.276. The Morgan fingerprint density at radius 2 is 1.59 bits per heavy atom. The van der Waals surface area contributed by atoms with Crippen molar-refractivity contribution in [3.05, 3.63) is 12.2 Å². The predicted octanol–water partition coefficient (Wildman–Crippen LogP) is 4.36. The van der Waals surface area contributed by atoms with Crippen molar-refractivity contribution in [2.24, 2.45) is 0 Å². The number of aliphatic hydroxyl groups is 1. The molecule has 0 bridgehead atoms. The molecule has 0 aromatic carbocycles. The summed E-state index contributed by atoms with van der Waals surface area (Å²) in [5, 5.41) is 17.9. The second-order valence-electron chi connectivity index (χ2n) is 6.99. The molecule has 5 nitrogen and oxygen atoms in total. The minimum atomic E-state index is -1.07. The van der Waals surface area contributed by atoms with Crippen LogP contribution < -0.4 is 0 Å². The van der Waals surface area contributed by atoms with Crippen molar-refractivity contribution in [2.75, 3.05) is 0 Å². The molecule has 0 fully saturated rings. The first-order valence-corrected chi connectivity index (χ1v) is 10.2. The van der Waals surface area contributed by atoms with Crippen LogP contribution in [0.25, 0.3) is 0 Å². The molecule has 1 unspecified atom stereocenters. The maximum absolute atomic E-state index is 11.6. The van der Waals surface area contributed by atoms with Crippen LogP contribution in [0, 0.1) is 0 Å². The number of hydrogen-bond acceptors (Lipinski definition) is 4. The molecule has 0 radical (unpaired) electrons. The summed E-state index contributed by atoms with van der Waals surface area (Å²) in [6, 6.07) is 0. The summed E-state index contributed by atoms with van der Waals surface area (Å²) in [7, 11) is 0. The van der Waals surface area contributed by atoms with Crippen LogP contribution in [0.2, 0.25) is 0 Å². The molecular weight excluding hydrogens is 371 g/mol. The van der Waals surface area contributed by atoms with E-state index >= 15 is 0 Å². The fourth-order valence-electron chi connectivity index (χ4n) is 2.72. The molecule has 0 rings (SSSR count). The van der Waals surface area contributed by atoms with E-state index in [2.05, 4.69) is 19.1 Å². The fraction of sp³-hybridized carbons (Fsp3) is 0.810. The molecule has 154 valence electrons. The number of hydrogen-bond donors (Lipinski definition) is 2. The summed E-state index contributed by atoms with van der Waals surface area (Å²) < 4.78 is 5.40. The van der Waals surface area contributed by atoms with Crippen LogP contribution in [0.5, 0.6) is 0 Å². The van der Waals surface area contributed by atoms with Gasteiger partial charge < -0.3 is 14.9 Å². The van der Waals surface area contributed by atoms with Crippen molar-refractivity contribution in [3.63, 3.8) is 0 Å². The third-order valence-electron chi connectivity index (χ3n) is 4.33. The summed E-state index contributed by atoms with van der Waals surface area (Å²) in [4.78, 5) is 22.0. The van der Waals surface area contributed by atoms with Crippen LogP contribution in [-0.4, -0.2) is 85.7 Å². The molecule has 0 amide bonds. The number of carbonyl (C=O) groups excluding carboxylic acids is 1. The van der Waals surface area contributed by atoms with E-state index in [-0.39, 0.29) is 63.9 Å². The van der Waals surface area contributed by atoms with Crippen LogP contribution >= 0.6 is 0 Å². The zero-order valence-corrected chi connectivity index (χ0v) is 16.6. The first-order valence-electron chi connectivity index (χ1n) is 10.2. The van der Waals surface area contributed by atoms with E-state index < -0.39 is 18.0 Å². The molecule has 0 aliphatic heterocycles. The molecule has 0 aromatic rings. The summed E-state index contributed by atoms with van der Waals surface area (Å²) in [6.45, 7) is 3.60. The van der Waals surface area contributed by atoms with Crippen LogP contribution in [0.3, 0.4) is 0 Å². The van der Waals surface area contributed by atoms with E-state index in [1.807, 2.05) is 0 Å². The molecule has 0 aromatic heterocycles. The van der Waals surface area contributed by atoms with Gasteiger partial charge in [0.05, 0.1) is 0 Å². The van der Waals surface area contributed by atoms with Gasteiger partial charge in [-0.2, -0.15) is 0 Å². The maximum atomic E-state index is 11.6. The van der Waals surface area contributed by atoms with E-state index in [0.29, 0.717) is 6.42 Å². The van der Waals surface area contributed by atoms with Gasteiger partial charge in [-0.1, -0.05) is 57.6 Å². The quantitative estimate of drug-likeness (QED) is 0.161. The number of aliphatic carboxylic acids is 1. The van der Waals surface area contributed by atoms with E-state index in [1.165, 1.54) is 19.8 Å². The van der Waals surface area contributed by atoms with Crippen molar-refractivity contribution in [1.82, 2.24) is 0 Å². The standard InChI is InChI=1S/C21H38O5.K.H/c1-3-4-5-12-15-19(26-21(25)18(2)22)16-13-10-8-6-7-9-11-14-17-20(23)24;;/h10,13,18-19,22H,3-9,11-12,14-17H2,1-2H3,(H,23,24);;/b13-10-;;/t18?,19-;;/m1../s1. The Morgan fingerprint density at radius 1 is 0.963 bits per heavy atom. The Labute approximate surface area is 207 Å². The molecule has 0 saturated carbocycles. The first-order chi connectivity index (χ1) is 12.5. The van der Waals surface area contributed by atoms with Crippen molar-refractivity contribution < 1.29 is 24.5 Å². The topological polar surface area (TPSA) is 83.8 Å². The normalized spacial score (nSPS) is 13.1. The molecule has 2 atom stereocenters. The number of aliphatic hydroxyl groups excluding tert-OH is 1. The number of esters is 1. The zero-order chi connectivity index (χ0) is 19.6. The van der Waals surface area contributed by atoms with Gasteiger partial charge in [0.25, 0.3) is 0 Å². The molecule has 0 aliphatic rings. The minimum absolute atomic E-state index is 0. The number of carboxylic acids is 1. The third-order valence-corrected chi connectivity index (χ3v) is 4.33. The van der Waals surface area contributed by atoms with Gasteiger partial charge in [0.1, 0.15) is 12.2 Å². The molecule has 0 spiro atoms. The predicted molar refractivity (Wildman–Crippen MR) is 111 cm³/mol. The Bertz CT molecular complexity index is 396. The number of unbranched alkanes of at least 4 members (excludes halogenated alkanes) is 8. The van der Waals surface area contributed by atoms with E-state index in [4.69, 9.17) is 9.84 Å². The Balaban J connectivity index is 0. The van der Waals surface area contributed by atoms with Crippen LogP contribution in [0.4, 0.5) is 0 Å². The molecule has 2 N–H and O–H groups in total. The SMILES string of the molecule is CCCCCC[C@H](C/C=C\CCCCCCCC(=O)O)OC(=O)C(C)O.[KH]. The third kappa shape index (κ3) is 20.8. The van der Waals surface area contributed by atoms with E-state index in [1.54, 1.807) is 0 Å². The van der Waals surface area contributed by atoms with Gasteiger partial charge in [0.2, 0.25) is 0 Å². The van der Waals surface area contributed by atoms with Crippen molar-refractivity contribution in [1.29, 1.82) is 0 Å². The van der Waals surface area contributed by atoms with Crippen LogP contribution in [0.15, 0.2) is 12.2 Å². The molecule has 6 heteroatoms. The van der Waals surface area contributed by atoms with Gasteiger partial charge in [0.15, 0.2) is 0 Å². The van der Waals surface area contributed by atoms with Gasteiger partial charge in [0, 0.05) is 12.8 Å². The summed E-state index contributed by atoms with van der Waals surface area (Å²) >= 11 is 0. The second kappa shape index (κ2) is 21.0. The molecular formula is C21H39KO5. The molecule has 0 saturated heterocycles. The summed E-state index contributed by atoms with van der Waals surface area (Å²) in [6.07, 6.45) is 15.4. The number of carboxylic acid groups (broad SMARTS) is 1. The monoisotopic (exact) mass is 410 g/mol. The second-order valence-corrected chi connectivity index (χ2v) is 6.99. The summed E-state index contributed by atoms with van der Waals surface area (Å²) in [5.41, 5.74) is 0. The van der Waals surface area contributed by atoms with Crippen LogP contribution in [0.1, 0.15) is 97.3 Å². The molecule has 0 heterocycles. The summed E-state index contributed by atoms with van der Waals surface area (Å²) in [5.74, 6) is -1.26. The first kappa shape index (κ1) is 29.5. The number of ether oxygens (including phenoxy) is 1. The van der Waals surface area contributed by atoms with Gasteiger partial charge >= 0.3 is 63.3 Å². The average molecular weight is 411 g/mol. The molecule has 0 aliphatic carbocycles. The van der Waals surface area contributed by atoms with Crippen molar-refractivity contribution in [2.45, 2.75) is 110 Å². The van der Waals surface area contributed by atoms with Crippen molar-refractivity contribution >= 4 is 63.3 Å². The molecule has 27 heavy (non-hydrogen) atoms. The van der Waals surface area contributed by atoms with Crippen molar-refractivity contribution in [3.8, 4) is 0 Å². The van der Waals surface area contributed by atoms with E-state index in [0.717, 1.165) is 57.8 Å².